The summed E-state index contributed by atoms with van der Waals surface area (Å²) >= 11 is 6.11. The van der Waals surface area contributed by atoms with Crippen LogP contribution in [0.3, 0.4) is 0 Å². The molecule has 6 nitrogen and oxygen atoms in total. The summed E-state index contributed by atoms with van der Waals surface area (Å²) in [7, 11) is 0. The van der Waals surface area contributed by atoms with Crippen LogP contribution in [0.1, 0.15) is 22.8 Å². The van der Waals surface area contributed by atoms with Crippen molar-refractivity contribution in [3.63, 3.8) is 0 Å². The second-order valence-electron chi connectivity index (χ2n) is 5.80. The minimum absolute atomic E-state index is 0.288. The minimum Gasteiger partial charge on any atom is -0.494 e. The Morgan fingerprint density at radius 2 is 1.74 bits per heavy atom. The van der Waals surface area contributed by atoms with Crippen LogP contribution in [0.5, 0.6) is 5.75 Å². The van der Waals surface area contributed by atoms with Crippen molar-refractivity contribution in [1.29, 1.82) is 0 Å². The van der Waals surface area contributed by atoms with Crippen molar-refractivity contribution in [3.8, 4) is 5.75 Å². The van der Waals surface area contributed by atoms with Crippen molar-refractivity contribution in [1.82, 2.24) is 9.97 Å². The Labute approximate surface area is 162 Å². The van der Waals surface area contributed by atoms with E-state index in [-0.39, 0.29) is 5.91 Å². The molecule has 0 bridgehead atoms. The van der Waals surface area contributed by atoms with Gasteiger partial charge in [0.2, 0.25) is 5.95 Å². The van der Waals surface area contributed by atoms with Gasteiger partial charge in [-0.05, 0) is 55.8 Å². The Morgan fingerprint density at radius 3 is 2.37 bits per heavy atom. The van der Waals surface area contributed by atoms with Gasteiger partial charge in [0.25, 0.3) is 5.91 Å². The maximum Gasteiger partial charge on any atom is 0.258 e. The second kappa shape index (κ2) is 8.51. The van der Waals surface area contributed by atoms with Gasteiger partial charge in [0.15, 0.2) is 0 Å². The van der Waals surface area contributed by atoms with Crippen molar-refractivity contribution >= 4 is 34.8 Å². The lowest BCUT2D eigenvalue weighted by Gasteiger charge is -2.08. The number of halogens is 1. The van der Waals surface area contributed by atoms with Crippen LogP contribution in [-0.4, -0.2) is 22.5 Å². The van der Waals surface area contributed by atoms with Crippen LogP contribution in [0.15, 0.2) is 54.9 Å². The Balaban J connectivity index is 1.63. The largest absolute Gasteiger partial charge is 0.494 e. The van der Waals surface area contributed by atoms with E-state index in [1.807, 2.05) is 26.0 Å². The molecule has 0 saturated heterocycles. The zero-order valence-corrected chi connectivity index (χ0v) is 15.7. The van der Waals surface area contributed by atoms with E-state index in [9.17, 15) is 4.79 Å². The van der Waals surface area contributed by atoms with Gasteiger partial charge in [0, 0.05) is 28.8 Å². The fourth-order valence-electron chi connectivity index (χ4n) is 2.31. The number of rotatable bonds is 6. The molecule has 2 N–H and O–H groups in total. The summed E-state index contributed by atoms with van der Waals surface area (Å²) in [5, 5.41) is 6.51. The van der Waals surface area contributed by atoms with E-state index in [0.29, 0.717) is 28.8 Å². The first-order valence-electron chi connectivity index (χ1n) is 8.44. The maximum absolute atomic E-state index is 12.3. The number of carbonyl (C=O) groups excluding carboxylic acids is 1. The summed E-state index contributed by atoms with van der Waals surface area (Å²) in [5.41, 5.74) is 2.79. The molecule has 0 saturated carbocycles. The lowest BCUT2D eigenvalue weighted by atomic mass is 10.2. The molecule has 0 fully saturated rings. The zero-order valence-electron chi connectivity index (χ0n) is 15.0. The molecule has 1 aromatic heterocycles. The highest BCUT2D eigenvalue weighted by Gasteiger charge is 2.08. The average Bonchev–Trinajstić information content (AvgIpc) is 2.67. The number of nitrogens with one attached hydrogen (secondary N) is 2. The van der Waals surface area contributed by atoms with Crippen LogP contribution in [0.2, 0.25) is 5.02 Å². The molecule has 0 unspecified atom stereocenters. The van der Waals surface area contributed by atoms with Crippen molar-refractivity contribution in [2.45, 2.75) is 13.8 Å². The Hall–Kier alpha value is -3.12. The molecule has 3 rings (SSSR count). The zero-order chi connectivity index (χ0) is 19.2. The number of carbonyl (C=O) groups is 1. The summed E-state index contributed by atoms with van der Waals surface area (Å²) < 4.78 is 5.38. The smallest absolute Gasteiger partial charge is 0.258 e. The Kier molecular flexibility index (Phi) is 5.88. The van der Waals surface area contributed by atoms with Crippen LogP contribution in [0, 0.1) is 6.92 Å². The minimum atomic E-state index is -0.288. The van der Waals surface area contributed by atoms with Crippen LogP contribution in [-0.2, 0) is 0 Å². The molecule has 2 aromatic carbocycles. The summed E-state index contributed by atoms with van der Waals surface area (Å²) in [4.78, 5) is 20.7. The summed E-state index contributed by atoms with van der Waals surface area (Å²) in [6.45, 7) is 4.44. The highest BCUT2D eigenvalue weighted by molar-refractivity contribution is 6.31. The van der Waals surface area contributed by atoms with E-state index < -0.39 is 0 Å². The summed E-state index contributed by atoms with van der Waals surface area (Å²) in [5.74, 6) is 0.849. The molecule has 7 heteroatoms. The molecule has 27 heavy (non-hydrogen) atoms. The molecule has 1 heterocycles. The van der Waals surface area contributed by atoms with Gasteiger partial charge in [-0.1, -0.05) is 17.7 Å². The van der Waals surface area contributed by atoms with Crippen molar-refractivity contribution in [2.75, 3.05) is 17.2 Å². The Morgan fingerprint density at radius 1 is 1.07 bits per heavy atom. The number of aryl methyl sites for hydroxylation is 1. The number of hydrogen-bond acceptors (Lipinski definition) is 5. The lowest BCUT2D eigenvalue weighted by molar-refractivity contribution is 0.102. The standard InChI is InChI=1S/C20H19ClN4O2/c1-3-27-17-8-6-15(7-9-17)24-19(26)14-11-22-20(23-12-14)25-16-5-4-13(2)18(21)10-16/h4-12H,3H2,1-2H3,(H,24,26)(H,22,23,25). The van der Waals surface area contributed by atoms with Gasteiger partial charge in [-0.25, -0.2) is 9.97 Å². The van der Waals surface area contributed by atoms with Gasteiger partial charge in [0.1, 0.15) is 5.75 Å². The molecule has 0 aliphatic rings. The third-order valence-corrected chi connectivity index (χ3v) is 4.17. The number of ether oxygens (including phenoxy) is 1. The third-order valence-electron chi connectivity index (χ3n) is 3.77. The predicted octanol–water partition coefficient (Wildman–Crippen LogP) is 4.83. The number of benzene rings is 2. The molecule has 0 radical (unpaired) electrons. The third kappa shape index (κ3) is 4.95. The van der Waals surface area contributed by atoms with Gasteiger partial charge in [-0.3, -0.25) is 4.79 Å². The SMILES string of the molecule is CCOc1ccc(NC(=O)c2cnc(Nc3ccc(C)c(Cl)c3)nc2)cc1. The number of nitrogens with zero attached hydrogens (tertiary/aromatic N) is 2. The fraction of sp³-hybridized carbons (Fsp3) is 0.150. The van der Waals surface area contributed by atoms with Crippen molar-refractivity contribution in [3.05, 3.63) is 71.0 Å². The molecule has 0 aliphatic carbocycles. The lowest BCUT2D eigenvalue weighted by Crippen LogP contribution is -2.13. The van der Waals surface area contributed by atoms with Crippen molar-refractivity contribution in [2.24, 2.45) is 0 Å². The molecule has 138 valence electrons. The first-order chi connectivity index (χ1) is 13.0. The molecule has 3 aromatic rings. The molecular formula is C20H19ClN4O2. The molecule has 0 atom stereocenters. The van der Waals surface area contributed by atoms with Gasteiger partial charge < -0.3 is 15.4 Å². The molecule has 1 amide bonds. The summed E-state index contributed by atoms with van der Waals surface area (Å²) in [6, 6.07) is 12.7. The van der Waals surface area contributed by atoms with E-state index in [4.69, 9.17) is 16.3 Å². The average molecular weight is 383 g/mol. The van der Waals surface area contributed by atoms with Gasteiger partial charge >= 0.3 is 0 Å². The summed E-state index contributed by atoms with van der Waals surface area (Å²) in [6.07, 6.45) is 2.93. The van der Waals surface area contributed by atoms with E-state index in [2.05, 4.69) is 20.6 Å². The van der Waals surface area contributed by atoms with Gasteiger partial charge in [-0.2, -0.15) is 0 Å². The van der Waals surface area contributed by atoms with Crippen LogP contribution in [0.25, 0.3) is 0 Å². The Bertz CT molecular complexity index is 928. The van der Waals surface area contributed by atoms with E-state index in [1.165, 1.54) is 12.4 Å². The molecular weight excluding hydrogens is 364 g/mol. The monoisotopic (exact) mass is 382 g/mol. The second-order valence-corrected chi connectivity index (χ2v) is 6.20. The van der Waals surface area contributed by atoms with Crippen molar-refractivity contribution < 1.29 is 9.53 Å². The number of aromatic nitrogens is 2. The number of hydrogen-bond donors (Lipinski definition) is 2. The highest BCUT2D eigenvalue weighted by atomic mass is 35.5. The molecule has 0 spiro atoms. The van der Waals surface area contributed by atoms with Crippen LogP contribution >= 0.6 is 11.6 Å². The fourth-order valence-corrected chi connectivity index (χ4v) is 2.49. The van der Waals surface area contributed by atoms with E-state index in [0.717, 1.165) is 17.0 Å². The van der Waals surface area contributed by atoms with E-state index in [1.54, 1.807) is 30.3 Å². The number of anilines is 3. The maximum atomic E-state index is 12.3. The topological polar surface area (TPSA) is 76.1 Å². The normalized spacial score (nSPS) is 10.3. The first-order valence-corrected chi connectivity index (χ1v) is 8.82. The predicted molar refractivity (Wildman–Crippen MR) is 107 cm³/mol. The van der Waals surface area contributed by atoms with Crippen LogP contribution in [0.4, 0.5) is 17.3 Å². The molecule has 0 aliphatic heterocycles. The van der Waals surface area contributed by atoms with Gasteiger partial charge in [0.05, 0.1) is 12.2 Å². The number of amides is 1. The van der Waals surface area contributed by atoms with E-state index >= 15 is 0 Å². The van der Waals surface area contributed by atoms with Gasteiger partial charge in [-0.15, -0.1) is 0 Å². The first kappa shape index (κ1) is 18.7. The van der Waals surface area contributed by atoms with Crippen LogP contribution < -0.4 is 15.4 Å². The highest BCUT2D eigenvalue weighted by Crippen LogP contribution is 2.22. The quantitative estimate of drug-likeness (QED) is 0.638.